The number of carbonyl (C=O) groups excluding carboxylic acids is 2. The minimum absolute atomic E-state index is 0.0406. The Morgan fingerprint density at radius 3 is 2.58 bits per heavy atom. The van der Waals surface area contributed by atoms with Gasteiger partial charge in [-0.25, -0.2) is 0 Å². The Bertz CT molecular complexity index is 633. The van der Waals surface area contributed by atoms with Crippen LogP contribution in [0.2, 0.25) is 0 Å². The van der Waals surface area contributed by atoms with E-state index in [2.05, 4.69) is 10.6 Å². The van der Waals surface area contributed by atoms with Gasteiger partial charge in [-0.15, -0.1) is 0 Å². The number of nitrogens with one attached hydrogen (secondary N) is 2. The molecule has 0 radical (unpaired) electrons. The molecule has 1 saturated carbocycles. The standard InChI is InChI=1S/C17H22F3N3O3/c1-23(11-16(25)22-13-5-6-13)10-15(24)21-7-8-26-14-4-2-3-12(9-14)17(18,19)20/h2-4,9,13H,5-8,10-11H2,1H3,(H,21,24)(H,22,25). The normalized spacial score (nSPS) is 14.2. The van der Waals surface area contributed by atoms with Crippen LogP contribution < -0.4 is 15.4 Å². The Morgan fingerprint density at radius 1 is 1.23 bits per heavy atom. The molecule has 0 unspecified atom stereocenters. The van der Waals surface area contributed by atoms with Crippen LogP contribution in [-0.2, 0) is 15.8 Å². The van der Waals surface area contributed by atoms with E-state index in [0.29, 0.717) is 0 Å². The van der Waals surface area contributed by atoms with Gasteiger partial charge in [0.1, 0.15) is 12.4 Å². The number of hydrogen-bond acceptors (Lipinski definition) is 4. The van der Waals surface area contributed by atoms with E-state index in [1.165, 1.54) is 12.1 Å². The summed E-state index contributed by atoms with van der Waals surface area (Å²) in [7, 11) is 1.66. The minimum Gasteiger partial charge on any atom is -0.492 e. The van der Waals surface area contributed by atoms with E-state index >= 15 is 0 Å². The van der Waals surface area contributed by atoms with Gasteiger partial charge < -0.3 is 15.4 Å². The first kappa shape index (κ1) is 20.0. The van der Waals surface area contributed by atoms with Crippen molar-refractivity contribution in [2.24, 2.45) is 0 Å². The molecule has 9 heteroatoms. The zero-order valence-corrected chi connectivity index (χ0v) is 14.4. The largest absolute Gasteiger partial charge is 0.492 e. The van der Waals surface area contributed by atoms with Crippen LogP contribution in [-0.4, -0.2) is 56.0 Å². The maximum atomic E-state index is 12.6. The van der Waals surface area contributed by atoms with Crippen molar-refractivity contribution in [1.82, 2.24) is 15.5 Å². The highest BCUT2D eigenvalue weighted by Gasteiger charge is 2.30. The summed E-state index contributed by atoms with van der Waals surface area (Å²) in [6.07, 6.45) is -2.42. The number of nitrogens with zero attached hydrogens (tertiary/aromatic N) is 1. The number of likely N-dealkylation sites (N-methyl/N-ethyl adjacent to an activating group) is 1. The van der Waals surface area contributed by atoms with Crippen molar-refractivity contribution < 1.29 is 27.5 Å². The lowest BCUT2D eigenvalue weighted by Gasteiger charge is -2.16. The maximum Gasteiger partial charge on any atom is 0.416 e. The molecule has 0 saturated heterocycles. The predicted molar refractivity (Wildman–Crippen MR) is 88.6 cm³/mol. The van der Waals surface area contributed by atoms with E-state index in [-0.39, 0.29) is 49.8 Å². The minimum atomic E-state index is -4.43. The Hall–Kier alpha value is -2.29. The Morgan fingerprint density at radius 2 is 1.92 bits per heavy atom. The SMILES string of the molecule is CN(CC(=O)NCCOc1cccc(C(F)(F)F)c1)CC(=O)NC1CC1. The molecule has 26 heavy (non-hydrogen) atoms. The van der Waals surface area contributed by atoms with Crippen molar-refractivity contribution in [2.75, 3.05) is 33.3 Å². The highest BCUT2D eigenvalue weighted by atomic mass is 19.4. The highest BCUT2D eigenvalue weighted by Crippen LogP contribution is 2.31. The topological polar surface area (TPSA) is 70.7 Å². The van der Waals surface area contributed by atoms with Crippen molar-refractivity contribution in [3.05, 3.63) is 29.8 Å². The first-order chi connectivity index (χ1) is 12.2. The summed E-state index contributed by atoms with van der Waals surface area (Å²) >= 11 is 0. The molecule has 2 rings (SSSR count). The van der Waals surface area contributed by atoms with Gasteiger partial charge in [0.05, 0.1) is 25.2 Å². The lowest BCUT2D eigenvalue weighted by molar-refractivity contribution is -0.137. The summed E-state index contributed by atoms with van der Waals surface area (Å²) in [5.74, 6) is -0.321. The zero-order valence-electron chi connectivity index (χ0n) is 14.4. The molecule has 0 heterocycles. The van der Waals surface area contributed by atoms with Crippen LogP contribution in [0.25, 0.3) is 0 Å². The lowest BCUT2D eigenvalue weighted by atomic mass is 10.2. The summed E-state index contributed by atoms with van der Waals surface area (Å²) in [4.78, 5) is 25.0. The third-order valence-corrected chi connectivity index (χ3v) is 3.62. The van der Waals surface area contributed by atoms with Gasteiger partial charge in [0.25, 0.3) is 0 Å². The molecule has 1 aromatic carbocycles. The van der Waals surface area contributed by atoms with Crippen molar-refractivity contribution in [3.8, 4) is 5.75 Å². The van der Waals surface area contributed by atoms with Crippen molar-refractivity contribution in [3.63, 3.8) is 0 Å². The second-order valence-corrected chi connectivity index (χ2v) is 6.24. The number of amides is 2. The number of benzene rings is 1. The molecular weight excluding hydrogens is 351 g/mol. The highest BCUT2D eigenvalue weighted by molar-refractivity contribution is 5.81. The molecule has 1 fully saturated rings. The van der Waals surface area contributed by atoms with Crippen LogP contribution in [0.4, 0.5) is 13.2 Å². The smallest absolute Gasteiger partial charge is 0.416 e. The molecule has 1 aliphatic carbocycles. The Labute approximate surface area is 149 Å². The number of ether oxygens (including phenoxy) is 1. The van der Waals surface area contributed by atoms with Crippen LogP contribution in [0.5, 0.6) is 5.75 Å². The van der Waals surface area contributed by atoms with Crippen LogP contribution >= 0.6 is 0 Å². The molecule has 2 N–H and O–H groups in total. The van der Waals surface area contributed by atoms with Crippen LogP contribution in [0.1, 0.15) is 18.4 Å². The van der Waals surface area contributed by atoms with Crippen LogP contribution in [0.15, 0.2) is 24.3 Å². The number of halogens is 3. The summed E-state index contributed by atoms with van der Waals surface area (Å²) < 4.78 is 43.0. The lowest BCUT2D eigenvalue weighted by Crippen LogP contribution is -2.42. The average molecular weight is 373 g/mol. The molecule has 0 spiro atoms. The van der Waals surface area contributed by atoms with Gasteiger partial charge in [-0.3, -0.25) is 14.5 Å². The number of alkyl halides is 3. The quantitative estimate of drug-likeness (QED) is 0.642. The van der Waals surface area contributed by atoms with E-state index in [1.807, 2.05) is 0 Å². The molecule has 0 bridgehead atoms. The molecule has 1 aromatic rings. The molecule has 0 aromatic heterocycles. The summed E-state index contributed by atoms with van der Waals surface area (Å²) in [6.45, 7) is 0.364. The second-order valence-electron chi connectivity index (χ2n) is 6.24. The average Bonchev–Trinajstić information content (AvgIpc) is 3.34. The summed E-state index contributed by atoms with van der Waals surface area (Å²) in [5.41, 5.74) is -0.787. The molecular formula is C17H22F3N3O3. The van der Waals surface area contributed by atoms with E-state index < -0.39 is 11.7 Å². The van der Waals surface area contributed by atoms with Gasteiger partial charge in [0.2, 0.25) is 11.8 Å². The molecule has 6 nitrogen and oxygen atoms in total. The Balaban J connectivity index is 1.63. The molecule has 0 atom stereocenters. The third-order valence-electron chi connectivity index (χ3n) is 3.62. The van der Waals surface area contributed by atoms with Crippen molar-refractivity contribution in [1.29, 1.82) is 0 Å². The predicted octanol–water partition coefficient (Wildman–Crippen LogP) is 1.41. The maximum absolute atomic E-state index is 12.6. The fraction of sp³-hybridized carbons (Fsp3) is 0.529. The third kappa shape index (κ3) is 7.30. The molecule has 1 aliphatic rings. The summed E-state index contributed by atoms with van der Waals surface area (Å²) in [6, 6.07) is 4.83. The first-order valence-corrected chi connectivity index (χ1v) is 8.28. The van der Waals surface area contributed by atoms with Gasteiger partial charge in [0.15, 0.2) is 0 Å². The van der Waals surface area contributed by atoms with Crippen molar-refractivity contribution in [2.45, 2.75) is 25.1 Å². The number of hydrogen-bond donors (Lipinski definition) is 2. The van der Waals surface area contributed by atoms with Crippen molar-refractivity contribution >= 4 is 11.8 Å². The van der Waals surface area contributed by atoms with Crippen LogP contribution in [0.3, 0.4) is 0 Å². The van der Waals surface area contributed by atoms with Gasteiger partial charge >= 0.3 is 6.18 Å². The molecule has 2 amide bonds. The zero-order chi connectivity index (χ0) is 19.2. The molecule has 0 aliphatic heterocycles. The second kappa shape index (κ2) is 8.88. The number of carbonyl (C=O) groups is 2. The van der Waals surface area contributed by atoms with E-state index in [1.54, 1.807) is 11.9 Å². The van der Waals surface area contributed by atoms with Gasteiger partial charge in [-0.2, -0.15) is 13.2 Å². The van der Waals surface area contributed by atoms with Crippen LogP contribution in [0, 0.1) is 0 Å². The number of rotatable bonds is 9. The Kier molecular flexibility index (Phi) is 6.84. The fourth-order valence-electron chi connectivity index (χ4n) is 2.22. The van der Waals surface area contributed by atoms with Gasteiger partial charge in [-0.1, -0.05) is 6.07 Å². The monoisotopic (exact) mass is 373 g/mol. The van der Waals surface area contributed by atoms with Gasteiger partial charge in [-0.05, 0) is 38.1 Å². The fourth-order valence-corrected chi connectivity index (χ4v) is 2.22. The van der Waals surface area contributed by atoms with Gasteiger partial charge in [0, 0.05) is 6.04 Å². The van der Waals surface area contributed by atoms with E-state index in [9.17, 15) is 22.8 Å². The molecule has 144 valence electrons. The van der Waals surface area contributed by atoms with E-state index in [0.717, 1.165) is 25.0 Å². The first-order valence-electron chi connectivity index (χ1n) is 8.28. The van der Waals surface area contributed by atoms with E-state index in [4.69, 9.17) is 4.74 Å². The summed E-state index contributed by atoms with van der Waals surface area (Å²) in [5, 5.41) is 5.43.